The van der Waals surface area contributed by atoms with E-state index in [2.05, 4.69) is 19.2 Å². The van der Waals surface area contributed by atoms with Crippen molar-refractivity contribution in [2.45, 2.75) is 37.6 Å². The fraction of sp³-hybridized carbons (Fsp3) is 0.571. The van der Waals surface area contributed by atoms with Crippen molar-refractivity contribution >= 4 is 10.0 Å². The largest absolute Gasteiger partial charge is 0.314 e. The Morgan fingerprint density at radius 1 is 1.37 bits per heavy atom. The lowest BCUT2D eigenvalue weighted by molar-refractivity contribution is 0.284. The average Bonchev–Trinajstić information content (AvgIpc) is 2.39. The van der Waals surface area contributed by atoms with E-state index in [9.17, 15) is 8.42 Å². The summed E-state index contributed by atoms with van der Waals surface area (Å²) in [5, 5.41) is 3.21. The summed E-state index contributed by atoms with van der Waals surface area (Å²) < 4.78 is 26.9. The molecule has 4 nitrogen and oxygen atoms in total. The van der Waals surface area contributed by atoms with Gasteiger partial charge in [-0.3, -0.25) is 0 Å². The zero-order valence-electron chi connectivity index (χ0n) is 11.8. The van der Waals surface area contributed by atoms with Crippen LogP contribution in [0.4, 0.5) is 0 Å². The van der Waals surface area contributed by atoms with Crippen LogP contribution in [-0.2, 0) is 10.0 Å². The van der Waals surface area contributed by atoms with E-state index in [4.69, 9.17) is 0 Å². The summed E-state index contributed by atoms with van der Waals surface area (Å²) >= 11 is 0. The Labute approximate surface area is 115 Å². The van der Waals surface area contributed by atoms with E-state index in [0.29, 0.717) is 30.4 Å². The van der Waals surface area contributed by atoms with E-state index in [1.54, 1.807) is 16.4 Å². The molecule has 1 aliphatic heterocycles. The van der Waals surface area contributed by atoms with E-state index >= 15 is 0 Å². The first-order valence-electron chi connectivity index (χ1n) is 6.75. The lowest BCUT2D eigenvalue weighted by Gasteiger charge is -2.33. The highest BCUT2D eigenvalue weighted by molar-refractivity contribution is 7.89. The van der Waals surface area contributed by atoms with Crippen molar-refractivity contribution in [3.8, 4) is 0 Å². The topological polar surface area (TPSA) is 49.4 Å². The van der Waals surface area contributed by atoms with Gasteiger partial charge in [0.15, 0.2) is 0 Å². The Morgan fingerprint density at radius 2 is 2.11 bits per heavy atom. The van der Waals surface area contributed by atoms with Crippen molar-refractivity contribution in [3.05, 3.63) is 29.8 Å². The quantitative estimate of drug-likeness (QED) is 0.919. The van der Waals surface area contributed by atoms with Crippen molar-refractivity contribution in [1.29, 1.82) is 0 Å². The maximum atomic E-state index is 12.7. The van der Waals surface area contributed by atoms with Gasteiger partial charge in [0.2, 0.25) is 10.0 Å². The second kappa shape index (κ2) is 5.61. The van der Waals surface area contributed by atoms with E-state index in [1.165, 1.54) is 0 Å². The highest BCUT2D eigenvalue weighted by Gasteiger charge is 2.30. The lowest BCUT2D eigenvalue weighted by atomic mass is 10.0. The van der Waals surface area contributed by atoms with Gasteiger partial charge in [0.25, 0.3) is 0 Å². The monoisotopic (exact) mass is 282 g/mol. The van der Waals surface area contributed by atoms with Crippen molar-refractivity contribution in [2.24, 2.45) is 0 Å². The van der Waals surface area contributed by atoms with Crippen molar-refractivity contribution in [1.82, 2.24) is 9.62 Å². The van der Waals surface area contributed by atoms with Gasteiger partial charge in [0.1, 0.15) is 0 Å². The number of sulfonamides is 1. The highest BCUT2D eigenvalue weighted by Crippen LogP contribution is 2.23. The molecule has 1 heterocycles. The maximum absolute atomic E-state index is 12.7. The number of nitrogens with one attached hydrogen (secondary N) is 1. The number of piperazine rings is 1. The summed E-state index contributed by atoms with van der Waals surface area (Å²) in [4.78, 5) is 0.410. The third kappa shape index (κ3) is 2.99. The predicted molar refractivity (Wildman–Crippen MR) is 76.8 cm³/mol. The summed E-state index contributed by atoms with van der Waals surface area (Å²) in [6.45, 7) is 8.04. The fourth-order valence-corrected chi connectivity index (χ4v) is 4.04. The standard InChI is InChI=1S/C14H22N2O2S/c1-11(2)13-5-4-6-14(9-13)19(17,18)16-8-7-15-10-12(16)3/h4-6,9,11-12,15H,7-8,10H2,1-3H3. The van der Waals surface area contributed by atoms with Gasteiger partial charge in [-0.25, -0.2) is 8.42 Å². The lowest BCUT2D eigenvalue weighted by Crippen LogP contribution is -2.52. The van der Waals surface area contributed by atoms with Crippen LogP contribution >= 0.6 is 0 Å². The van der Waals surface area contributed by atoms with Gasteiger partial charge in [-0.05, 0) is 30.5 Å². The van der Waals surface area contributed by atoms with E-state index in [0.717, 1.165) is 5.56 Å². The van der Waals surface area contributed by atoms with Crippen molar-refractivity contribution < 1.29 is 8.42 Å². The minimum atomic E-state index is -3.37. The second-order valence-electron chi connectivity index (χ2n) is 5.40. The molecular weight excluding hydrogens is 260 g/mol. The van der Waals surface area contributed by atoms with Gasteiger partial charge in [0.05, 0.1) is 4.90 Å². The zero-order chi connectivity index (χ0) is 14.0. The molecule has 106 valence electrons. The highest BCUT2D eigenvalue weighted by atomic mass is 32.2. The van der Waals surface area contributed by atoms with Crippen LogP contribution < -0.4 is 5.32 Å². The molecule has 0 radical (unpaired) electrons. The van der Waals surface area contributed by atoms with Gasteiger partial charge in [-0.2, -0.15) is 4.31 Å². The summed E-state index contributed by atoms with van der Waals surface area (Å²) in [7, 11) is -3.37. The summed E-state index contributed by atoms with van der Waals surface area (Å²) in [6, 6.07) is 7.30. The van der Waals surface area contributed by atoms with Crippen LogP contribution in [0.5, 0.6) is 0 Å². The molecule has 1 atom stereocenters. The van der Waals surface area contributed by atoms with Crippen LogP contribution in [-0.4, -0.2) is 38.4 Å². The molecule has 1 aromatic rings. The smallest absolute Gasteiger partial charge is 0.243 e. The Kier molecular flexibility index (Phi) is 4.28. The first kappa shape index (κ1) is 14.5. The molecule has 1 fully saturated rings. The molecule has 2 rings (SSSR count). The molecule has 0 spiro atoms. The molecule has 5 heteroatoms. The summed E-state index contributed by atoms with van der Waals surface area (Å²) in [5.41, 5.74) is 1.06. The Morgan fingerprint density at radius 3 is 2.74 bits per heavy atom. The number of rotatable bonds is 3. The Hall–Kier alpha value is -0.910. The van der Waals surface area contributed by atoms with Crippen LogP contribution in [0.1, 0.15) is 32.3 Å². The van der Waals surface area contributed by atoms with Gasteiger partial charge >= 0.3 is 0 Å². The molecule has 1 aliphatic rings. The molecule has 0 saturated carbocycles. The number of hydrogen-bond donors (Lipinski definition) is 1. The number of nitrogens with zero attached hydrogens (tertiary/aromatic N) is 1. The van der Waals surface area contributed by atoms with Crippen LogP contribution in [0, 0.1) is 0 Å². The third-order valence-corrected chi connectivity index (χ3v) is 5.58. The van der Waals surface area contributed by atoms with Crippen LogP contribution in [0.3, 0.4) is 0 Å². The molecular formula is C14H22N2O2S. The maximum Gasteiger partial charge on any atom is 0.243 e. The SMILES string of the molecule is CC(C)c1cccc(S(=O)(=O)N2CCNCC2C)c1. The minimum absolute atomic E-state index is 0.00135. The normalized spacial score (nSPS) is 21.8. The molecule has 0 aliphatic carbocycles. The van der Waals surface area contributed by atoms with Crippen molar-refractivity contribution in [3.63, 3.8) is 0 Å². The zero-order valence-corrected chi connectivity index (χ0v) is 12.6. The molecule has 1 aromatic carbocycles. The molecule has 0 aromatic heterocycles. The van der Waals surface area contributed by atoms with Crippen LogP contribution in [0.2, 0.25) is 0 Å². The molecule has 19 heavy (non-hydrogen) atoms. The molecule has 1 saturated heterocycles. The van der Waals surface area contributed by atoms with Gasteiger partial charge in [-0.1, -0.05) is 26.0 Å². The molecule has 1 unspecified atom stereocenters. The number of hydrogen-bond acceptors (Lipinski definition) is 3. The first-order chi connectivity index (χ1) is 8.93. The second-order valence-corrected chi connectivity index (χ2v) is 7.29. The van der Waals surface area contributed by atoms with E-state index in [1.807, 2.05) is 19.1 Å². The van der Waals surface area contributed by atoms with Crippen molar-refractivity contribution in [2.75, 3.05) is 19.6 Å². The third-order valence-electron chi connectivity index (χ3n) is 3.57. The summed E-state index contributed by atoms with van der Waals surface area (Å²) in [5.74, 6) is 0.329. The summed E-state index contributed by atoms with van der Waals surface area (Å²) in [6.07, 6.45) is 0. The predicted octanol–water partition coefficient (Wildman–Crippen LogP) is 1.79. The fourth-order valence-electron chi connectivity index (χ4n) is 2.35. The Balaban J connectivity index is 2.36. The van der Waals surface area contributed by atoms with Crippen LogP contribution in [0.25, 0.3) is 0 Å². The Bertz CT molecular complexity index is 540. The van der Waals surface area contributed by atoms with Gasteiger partial charge in [0, 0.05) is 25.7 Å². The van der Waals surface area contributed by atoms with Gasteiger partial charge in [-0.15, -0.1) is 0 Å². The molecule has 0 amide bonds. The molecule has 1 N–H and O–H groups in total. The minimum Gasteiger partial charge on any atom is -0.314 e. The van der Waals surface area contributed by atoms with E-state index < -0.39 is 10.0 Å². The van der Waals surface area contributed by atoms with Gasteiger partial charge < -0.3 is 5.32 Å². The first-order valence-corrected chi connectivity index (χ1v) is 8.19. The van der Waals surface area contributed by atoms with Crippen LogP contribution in [0.15, 0.2) is 29.2 Å². The number of benzene rings is 1. The van der Waals surface area contributed by atoms with E-state index in [-0.39, 0.29) is 6.04 Å². The average molecular weight is 282 g/mol. The molecule has 0 bridgehead atoms.